The molecule has 5 heteroatoms. The molecule has 1 aliphatic rings. The Kier molecular flexibility index (Phi) is 5.05. The maximum absolute atomic E-state index is 5.16. The number of hydrogen-bond acceptors (Lipinski definition) is 4. The van der Waals surface area contributed by atoms with Crippen LogP contribution in [-0.4, -0.2) is 54.3 Å². The molecule has 1 heterocycles. The number of anilines is 1. The van der Waals surface area contributed by atoms with Gasteiger partial charge in [0.1, 0.15) is 0 Å². The molecule has 1 aromatic rings. The molecular formula is C15H28N4O. The second-order valence-corrected chi connectivity index (χ2v) is 6.07. The molecule has 0 amide bonds. The molecule has 0 unspecified atom stereocenters. The van der Waals surface area contributed by atoms with Crippen LogP contribution in [0, 0.1) is 6.92 Å². The van der Waals surface area contributed by atoms with Gasteiger partial charge in [-0.25, -0.2) is 4.98 Å². The fraction of sp³-hybridized carbons (Fsp3) is 0.800. The predicted octanol–water partition coefficient (Wildman–Crippen LogP) is 2.12. The van der Waals surface area contributed by atoms with Crippen LogP contribution in [0.3, 0.4) is 0 Å². The van der Waals surface area contributed by atoms with Crippen molar-refractivity contribution in [2.75, 3.05) is 39.7 Å². The maximum Gasteiger partial charge on any atom is 0.203 e. The van der Waals surface area contributed by atoms with Crippen molar-refractivity contribution in [2.45, 2.75) is 44.7 Å². The summed E-state index contributed by atoms with van der Waals surface area (Å²) in [5.41, 5.74) is 1.33. The van der Waals surface area contributed by atoms with Crippen molar-refractivity contribution >= 4 is 5.95 Å². The molecule has 1 aliphatic carbocycles. The van der Waals surface area contributed by atoms with Gasteiger partial charge in [0.2, 0.25) is 5.95 Å². The first kappa shape index (κ1) is 15.3. The summed E-state index contributed by atoms with van der Waals surface area (Å²) in [5.74, 6) is 0.965. The number of ether oxygens (including phenoxy) is 1. The molecule has 5 nitrogen and oxygen atoms in total. The number of nitrogens with zero attached hydrogens (tertiary/aromatic N) is 3. The molecule has 0 radical (unpaired) electrons. The van der Waals surface area contributed by atoms with E-state index in [1.165, 1.54) is 25.7 Å². The molecule has 1 fully saturated rings. The Hall–Kier alpha value is -1.07. The molecule has 1 N–H and O–H groups in total. The SMILES string of the molecule is COCCn1cc(C)nc1NCC1(N(C)C)CCCC1. The van der Waals surface area contributed by atoms with Gasteiger partial charge < -0.3 is 19.5 Å². The zero-order valence-electron chi connectivity index (χ0n) is 13.3. The minimum Gasteiger partial charge on any atom is -0.383 e. The van der Waals surface area contributed by atoms with Gasteiger partial charge in [-0.05, 0) is 33.9 Å². The third-order valence-corrected chi connectivity index (χ3v) is 4.49. The van der Waals surface area contributed by atoms with Crippen molar-refractivity contribution < 1.29 is 4.74 Å². The van der Waals surface area contributed by atoms with E-state index in [9.17, 15) is 0 Å². The van der Waals surface area contributed by atoms with Crippen molar-refractivity contribution in [1.82, 2.24) is 14.5 Å². The highest BCUT2D eigenvalue weighted by molar-refractivity contribution is 5.30. The topological polar surface area (TPSA) is 42.3 Å². The van der Waals surface area contributed by atoms with Gasteiger partial charge in [-0.1, -0.05) is 12.8 Å². The third-order valence-electron chi connectivity index (χ3n) is 4.49. The van der Waals surface area contributed by atoms with Crippen molar-refractivity contribution in [3.05, 3.63) is 11.9 Å². The molecule has 0 aromatic carbocycles. The molecule has 1 saturated carbocycles. The number of likely N-dealkylation sites (N-methyl/N-ethyl adjacent to an activating group) is 1. The average molecular weight is 280 g/mol. The van der Waals surface area contributed by atoms with Gasteiger partial charge >= 0.3 is 0 Å². The minimum atomic E-state index is 0.284. The largest absolute Gasteiger partial charge is 0.383 e. The highest BCUT2D eigenvalue weighted by atomic mass is 16.5. The number of aromatic nitrogens is 2. The zero-order chi connectivity index (χ0) is 14.6. The average Bonchev–Trinajstić information content (AvgIpc) is 3.01. The Morgan fingerprint density at radius 1 is 1.40 bits per heavy atom. The van der Waals surface area contributed by atoms with Crippen LogP contribution in [0.15, 0.2) is 6.20 Å². The lowest BCUT2D eigenvalue weighted by Crippen LogP contribution is -2.47. The van der Waals surface area contributed by atoms with Gasteiger partial charge in [-0.15, -0.1) is 0 Å². The highest BCUT2D eigenvalue weighted by Gasteiger charge is 2.35. The summed E-state index contributed by atoms with van der Waals surface area (Å²) >= 11 is 0. The molecule has 0 atom stereocenters. The first-order chi connectivity index (χ1) is 9.57. The van der Waals surface area contributed by atoms with Gasteiger partial charge in [0.05, 0.1) is 12.3 Å². The van der Waals surface area contributed by atoms with Crippen LogP contribution >= 0.6 is 0 Å². The Balaban J connectivity index is 2.02. The summed E-state index contributed by atoms with van der Waals surface area (Å²) in [6.07, 6.45) is 7.28. The number of nitrogens with one attached hydrogen (secondary N) is 1. The number of imidazole rings is 1. The Bertz CT molecular complexity index is 422. The number of aryl methyl sites for hydroxylation is 1. The molecule has 20 heavy (non-hydrogen) atoms. The van der Waals surface area contributed by atoms with E-state index in [2.05, 4.69) is 40.1 Å². The zero-order valence-corrected chi connectivity index (χ0v) is 13.3. The summed E-state index contributed by atoms with van der Waals surface area (Å²) in [4.78, 5) is 6.97. The summed E-state index contributed by atoms with van der Waals surface area (Å²) in [6.45, 7) is 4.55. The molecule has 2 rings (SSSR count). The van der Waals surface area contributed by atoms with E-state index in [4.69, 9.17) is 4.74 Å². The maximum atomic E-state index is 5.16. The predicted molar refractivity (Wildman–Crippen MR) is 82.2 cm³/mol. The van der Waals surface area contributed by atoms with Crippen molar-refractivity contribution in [3.8, 4) is 0 Å². The van der Waals surface area contributed by atoms with Crippen LogP contribution in [0.2, 0.25) is 0 Å². The van der Waals surface area contributed by atoms with E-state index in [0.717, 1.165) is 24.7 Å². The lowest BCUT2D eigenvalue weighted by molar-refractivity contribution is 0.171. The minimum absolute atomic E-state index is 0.284. The Morgan fingerprint density at radius 2 is 2.10 bits per heavy atom. The number of hydrogen-bond donors (Lipinski definition) is 1. The van der Waals surface area contributed by atoms with E-state index in [1.54, 1.807) is 7.11 Å². The normalized spacial score (nSPS) is 17.9. The van der Waals surface area contributed by atoms with Crippen LogP contribution in [0.4, 0.5) is 5.95 Å². The molecule has 0 bridgehead atoms. The van der Waals surface area contributed by atoms with Crippen molar-refractivity contribution in [3.63, 3.8) is 0 Å². The summed E-state index contributed by atoms with van der Waals surface area (Å²) in [6, 6.07) is 0. The summed E-state index contributed by atoms with van der Waals surface area (Å²) in [5, 5.41) is 3.56. The van der Waals surface area contributed by atoms with E-state index in [-0.39, 0.29) is 5.54 Å². The Morgan fingerprint density at radius 3 is 2.70 bits per heavy atom. The van der Waals surface area contributed by atoms with Gasteiger partial charge in [-0.3, -0.25) is 0 Å². The standard InChI is InChI=1S/C15H28N4O/c1-13-11-19(9-10-20-4)14(17-13)16-12-15(18(2)3)7-5-6-8-15/h11H,5-10,12H2,1-4H3,(H,16,17). The van der Waals surface area contributed by atoms with Crippen LogP contribution in [-0.2, 0) is 11.3 Å². The fourth-order valence-corrected chi connectivity index (χ4v) is 3.11. The number of methoxy groups -OCH3 is 1. The second kappa shape index (κ2) is 6.59. The fourth-order valence-electron chi connectivity index (χ4n) is 3.11. The lowest BCUT2D eigenvalue weighted by atomic mass is 9.96. The third kappa shape index (κ3) is 3.33. The second-order valence-electron chi connectivity index (χ2n) is 6.07. The van der Waals surface area contributed by atoms with Crippen molar-refractivity contribution in [1.29, 1.82) is 0 Å². The first-order valence-electron chi connectivity index (χ1n) is 7.51. The monoisotopic (exact) mass is 280 g/mol. The van der Waals surface area contributed by atoms with Crippen LogP contribution in [0.1, 0.15) is 31.4 Å². The van der Waals surface area contributed by atoms with Gasteiger partial charge in [0.15, 0.2) is 0 Å². The van der Waals surface area contributed by atoms with E-state index in [1.807, 2.05) is 6.92 Å². The van der Waals surface area contributed by atoms with Gasteiger partial charge in [0.25, 0.3) is 0 Å². The van der Waals surface area contributed by atoms with Crippen LogP contribution < -0.4 is 5.32 Å². The van der Waals surface area contributed by atoms with Crippen LogP contribution in [0.25, 0.3) is 0 Å². The molecule has 0 saturated heterocycles. The van der Waals surface area contributed by atoms with E-state index >= 15 is 0 Å². The summed E-state index contributed by atoms with van der Waals surface area (Å²) < 4.78 is 7.31. The first-order valence-corrected chi connectivity index (χ1v) is 7.51. The van der Waals surface area contributed by atoms with Gasteiger partial charge in [-0.2, -0.15) is 0 Å². The molecule has 1 aromatic heterocycles. The highest BCUT2D eigenvalue weighted by Crippen LogP contribution is 2.33. The molecule has 0 spiro atoms. The quantitative estimate of drug-likeness (QED) is 0.831. The van der Waals surface area contributed by atoms with Crippen molar-refractivity contribution in [2.24, 2.45) is 0 Å². The molecular weight excluding hydrogens is 252 g/mol. The lowest BCUT2D eigenvalue weighted by Gasteiger charge is -2.36. The summed E-state index contributed by atoms with van der Waals surface area (Å²) in [7, 11) is 6.11. The molecule has 0 aliphatic heterocycles. The van der Waals surface area contributed by atoms with E-state index < -0.39 is 0 Å². The van der Waals surface area contributed by atoms with Gasteiger partial charge in [0, 0.05) is 31.9 Å². The Labute approximate surface area is 122 Å². The number of rotatable bonds is 7. The molecule has 114 valence electrons. The van der Waals surface area contributed by atoms with E-state index in [0.29, 0.717) is 6.61 Å². The smallest absolute Gasteiger partial charge is 0.203 e. The van der Waals surface area contributed by atoms with Crippen LogP contribution in [0.5, 0.6) is 0 Å².